The van der Waals surface area contributed by atoms with Crippen molar-refractivity contribution in [2.24, 2.45) is 0 Å². The summed E-state index contributed by atoms with van der Waals surface area (Å²) in [4.78, 5) is 14.9. The molecule has 5 nitrogen and oxygen atoms in total. The van der Waals surface area contributed by atoms with Gasteiger partial charge >= 0.3 is 0 Å². The molecule has 0 aliphatic carbocycles. The highest BCUT2D eigenvalue weighted by atomic mass is 35.5. The lowest BCUT2D eigenvalue weighted by Crippen LogP contribution is -2.19. The fourth-order valence-electron chi connectivity index (χ4n) is 2.12. The smallest absolute Gasteiger partial charge is 0.185 e. The summed E-state index contributed by atoms with van der Waals surface area (Å²) in [7, 11) is 0. The lowest BCUT2D eigenvalue weighted by atomic mass is 9.99. The largest absolute Gasteiger partial charge is 0.505 e. The predicted octanol–water partition coefficient (Wildman–Crippen LogP) is 2.66. The summed E-state index contributed by atoms with van der Waals surface area (Å²) in [6.07, 6.45) is -0.705. The maximum Gasteiger partial charge on any atom is 0.185 e. The van der Waals surface area contributed by atoms with E-state index in [2.05, 4.69) is 4.98 Å². The number of fused-ring (bicyclic) bond motifs is 1. The van der Waals surface area contributed by atoms with Crippen LogP contribution in [0.2, 0.25) is 5.02 Å². The second-order valence-corrected chi connectivity index (χ2v) is 6.52. The van der Waals surface area contributed by atoms with Crippen LogP contribution >= 0.6 is 23.4 Å². The fraction of sp³-hybridized carbons (Fsp3) is 0.333. The molecule has 3 N–H and O–H groups in total. The van der Waals surface area contributed by atoms with E-state index >= 15 is 0 Å². The molecule has 0 bridgehead atoms. The molecule has 0 aliphatic heterocycles. The zero-order valence-electron chi connectivity index (χ0n) is 11.9. The van der Waals surface area contributed by atoms with E-state index in [-0.39, 0.29) is 28.4 Å². The summed E-state index contributed by atoms with van der Waals surface area (Å²) in [5.74, 6) is 0.180. The molecule has 0 spiro atoms. The van der Waals surface area contributed by atoms with E-state index < -0.39 is 12.2 Å². The summed E-state index contributed by atoms with van der Waals surface area (Å²) >= 11 is 7.21. The average Bonchev–Trinajstić information content (AvgIpc) is 2.49. The average molecular weight is 342 g/mol. The summed E-state index contributed by atoms with van der Waals surface area (Å²) in [5.41, 5.74) is 0.394. The minimum absolute atomic E-state index is 0.0533. The number of thioether (sulfide) groups is 1. The van der Waals surface area contributed by atoms with E-state index in [1.807, 2.05) is 0 Å². The van der Waals surface area contributed by atoms with Crippen molar-refractivity contribution in [1.29, 1.82) is 0 Å². The van der Waals surface area contributed by atoms with Gasteiger partial charge in [-0.25, -0.2) is 0 Å². The van der Waals surface area contributed by atoms with Crippen LogP contribution in [0.1, 0.15) is 25.0 Å². The summed E-state index contributed by atoms with van der Waals surface area (Å²) in [5, 5.41) is 31.4. The van der Waals surface area contributed by atoms with Gasteiger partial charge in [0.25, 0.3) is 0 Å². The van der Waals surface area contributed by atoms with Crippen molar-refractivity contribution in [1.82, 2.24) is 4.98 Å². The zero-order valence-corrected chi connectivity index (χ0v) is 13.4. The molecule has 0 radical (unpaired) electrons. The van der Waals surface area contributed by atoms with Crippen molar-refractivity contribution in [3.05, 3.63) is 35.0 Å². The van der Waals surface area contributed by atoms with E-state index in [9.17, 15) is 20.1 Å². The van der Waals surface area contributed by atoms with Gasteiger partial charge in [-0.15, -0.1) is 0 Å². The molecule has 2 atom stereocenters. The number of carbonyl (C=O) groups excluding carboxylic acids is 1. The van der Waals surface area contributed by atoms with Crippen LogP contribution in [0.4, 0.5) is 0 Å². The van der Waals surface area contributed by atoms with E-state index in [1.54, 1.807) is 12.1 Å². The number of aromatic hydroxyl groups is 1. The topological polar surface area (TPSA) is 90.7 Å². The Hall–Kier alpha value is -1.34. The van der Waals surface area contributed by atoms with Crippen LogP contribution in [0.15, 0.2) is 24.4 Å². The number of phenolic OH excluding ortho intramolecular Hbond substituents is 1. The van der Waals surface area contributed by atoms with Crippen LogP contribution in [0, 0.1) is 0 Å². The SMILES string of the molecule is CC(=O)SCCC(O)C(O)c1cc(Cl)c2cccnc2c1O. The highest BCUT2D eigenvalue weighted by molar-refractivity contribution is 8.13. The molecule has 0 saturated carbocycles. The molecule has 1 aromatic heterocycles. The summed E-state index contributed by atoms with van der Waals surface area (Å²) in [6.45, 7) is 1.44. The number of aliphatic hydroxyl groups excluding tert-OH is 2. The van der Waals surface area contributed by atoms with Gasteiger partial charge in [0.15, 0.2) is 5.12 Å². The molecular formula is C15H16ClNO4S. The van der Waals surface area contributed by atoms with Gasteiger partial charge in [-0.05, 0) is 24.6 Å². The van der Waals surface area contributed by atoms with E-state index in [1.165, 1.54) is 19.2 Å². The van der Waals surface area contributed by atoms with Gasteiger partial charge in [0, 0.05) is 29.8 Å². The van der Waals surface area contributed by atoms with E-state index in [0.29, 0.717) is 16.2 Å². The highest BCUT2D eigenvalue weighted by Gasteiger charge is 2.24. The van der Waals surface area contributed by atoms with Gasteiger partial charge in [-0.3, -0.25) is 9.78 Å². The van der Waals surface area contributed by atoms with Gasteiger partial charge in [-0.2, -0.15) is 0 Å². The minimum Gasteiger partial charge on any atom is -0.505 e. The Labute approximate surface area is 136 Å². The molecule has 0 fully saturated rings. The first kappa shape index (κ1) is 17.0. The Morgan fingerprint density at radius 2 is 2.18 bits per heavy atom. The Morgan fingerprint density at radius 3 is 2.86 bits per heavy atom. The maximum atomic E-state index is 10.9. The van der Waals surface area contributed by atoms with Crippen molar-refractivity contribution in [2.45, 2.75) is 25.6 Å². The Morgan fingerprint density at radius 1 is 1.45 bits per heavy atom. The van der Waals surface area contributed by atoms with Crippen molar-refractivity contribution < 1.29 is 20.1 Å². The summed E-state index contributed by atoms with van der Waals surface area (Å²) < 4.78 is 0. The zero-order chi connectivity index (χ0) is 16.3. The first-order valence-electron chi connectivity index (χ1n) is 6.67. The number of pyridine rings is 1. The Balaban J connectivity index is 2.26. The second-order valence-electron chi connectivity index (χ2n) is 4.84. The van der Waals surface area contributed by atoms with Crippen LogP contribution in [0.25, 0.3) is 10.9 Å². The lowest BCUT2D eigenvalue weighted by Gasteiger charge is -2.20. The van der Waals surface area contributed by atoms with Crippen LogP contribution in [-0.2, 0) is 4.79 Å². The standard InChI is InChI=1S/C15H16ClNO4S/c1-8(18)22-6-4-12(19)14(20)10-7-11(16)9-3-2-5-17-13(9)15(10)21/h2-3,5,7,12,14,19-21H,4,6H2,1H3. The van der Waals surface area contributed by atoms with Crippen LogP contribution in [-0.4, -0.2) is 37.3 Å². The molecule has 1 heterocycles. The molecule has 118 valence electrons. The molecule has 0 saturated heterocycles. The molecule has 0 amide bonds. The van der Waals surface area contributed by atoms with Gasteiger partial charge in [-0.1, -0.05) is 23.4 Å². The molecule has 7 heteroatoms. The predicted molar refractivity (Wildman–Crippen MR) is 87.1 cm³/mol. The van der Waals surface area contributed by atoms with Crippen molar-refractivity contribution in [3.8, 4) is 5.75 Å². The monoisotopic (exact) mass is 341 g/mol. The lowest BCUT2D eigenvalue weighted by molar-refractivity contribution is -0.109. The first-order chi connectivity index (χ1) is 10.4. The molecule has 2 rings (SSSR count). The maximum absolute atomic E-state index is 10.9. The van der Waals surface area contributed by atoms with Gasteiger partial charge in [0.1, 0.15) is 17.4 Å². The Kier molecular flexibility index (Phi) is 5.63. The third-order valence-electron chi connectivity index (χ3n) is 3.25. The number of phenols is 1. The highest BCUT2D eigenvalue weighted by Crippen LogP contribution is 2.37. The molecule has 2 aromatic rings. The normalized spacial score (nSPS) is 14.0. The number of aromatic nitrogens is 1. The fourth-order valence-corrected chi connectivity index (χ4v) is 3.04. The third-order valence-corrected chi connectivity index (χ3v) is 4.41. The van der Waals surface area contributed by atoms with E-state index in [4.69, 9.17) is 11.6 Å². The number of rotatable bonds is 5. The number of hydrogen-bond acceptors (Lipinski definition) is 6. The second kappa shape index (κ2) is 7.28. The first-order valence-corrected chi connectivity index (χ1v) is 8.03. The van der Waals surface area contributed by atoms with Gasteiger partial charge < -0.3 is 15.3 Å². The van der Waals surface area contributed by atoms with Crippen LogP contribution in [0.5, 0.6) is 5.75 Å². The number of halogens is 1. The Bertz CT molecular complexity index is 695. The van der Waals surface area contributed by atoms with Crippen molar-refractivity contribution in [3.63, 3.8) is 0 Å². The molecule has 0 aliphatic rings. The third kappa shape index (κ3) is 3.70. The number of hydrogen-bond donors (Lipinski definition) is 3. The van der Waals surface area contributed by atoms with Gasteiger partial charge in [0.05, 0.1) is 11.1 Å². The molecular weight excluding hydrogens is 326 g/mol. The molecule has 1 aromatic carbocycles. The quantitative estimate of drug-likeness (QED) is 0.774. The van der Waals surface area contributed by atoms with E-state index in [0.717, 1.165) is 11.8 Å². The molecule has 22 heavy (non-hydrogen) atoms. The number of nitrogens with zero attached hydrogens (tertiary/aromatic N) is 1. The minimum atomic E-state index is -1.31. The number of carbonyl (C=O) groups is 1. The van der Waals surface area contributed by atoms with Crippen LogP contribution in [0.3, 0.4) is 0 Å². The number of benzene rings is 1. The summed E-state index contributed by atoms with van der Waals surface area (Å²) in [6, 6.07) is 4.82. The van der Waals surface area contributed by atoms with Gasteiger partial charge in [0.2, 0.25) is 0 Å². The number of aliphatic hydroxyl groups is 2. The van der Waals surface area contributed by atoms with Crippen LogP contribution < -0.4 is 0 Å². The molecule has 2 unspecified atom stereocenters. The van der Waals surface area contributed by atoms with Crippen molar-refractivity contribution >= 4 is 39.4 Å². The van der Waals surface area contributed by atoms with Crippen molar-refractivity contribution in [2.75, 3.05) is 5.75 Å².